The molecule has 0 radical (unpaired) electrons. The van der Waals surface area contributed by atoms with Crippen LogP contribution in [0.15, 0.2) is 97.9 Å². The summed E-state index contributed by atoms with van der Waals surface area (Å²) in [6.07, 6.45) is 36.6. The molecule has 432 valence electrons. The molecule has 2 saturated carbocycles. The van der Waals surface area contributed by atoms with E-state index in [1.807, 2.05) is 94.1 Å². The normalized spacial score (nSPS) is 21.3. The lowest BCUT2D eigenvalue weighted by molar-refractivity contribution is -0.156. The molecular weight excluding hydrogens is 1010 g/mol. The lowest BCUT2D eigenvalue weighted by atomic mass is 9.71. The third kappa shape index (κ3) is 18.2. The van der Waals surface area contributed by atoms with Gasteiger partial charge in [-0.05, 0) is 164 Å². The highest BCUT2D eigenvalue weighted by atomic mass is 16.6. The first-order valence-corrected chi connectivity index (χ1v) is 30.1. The molecule has 1 amide bonds. The minimum absolute atomic E-state index is 0.0978. The summed E-state index contributed by atoms with van der Waals surface area (Å²) in [6, 6.07) is 15.9. The molecule has 4 aliphatic carbocycles. The standard InChI is InChI=1S/C36H46N6O3.C31H43N3O2/c1-5-24-6-10-26(11-7-24)27-14-16-28(17-15-27)30-18-40-34(41-19-30)29-12-8-25(9-13-29)22-42(23-33(43)45-36(2,3)4)35(44)31-20-39-32(37)21-38-31;1-5-22-6-10-24(11-7-22)25-14-16-26(17-15-25)28-19-33-30(34-20-28)27-12-8-23(9-13-27)18-32-21-29(35)36-31(2,3)4/h8-9,12-13,16,18-21,24,26-27H,5-7,10-11,14-15,17,22-23H2,1-4H3,(H2,37,39);8-9,12-13,16,19-20,22,24-25,32H,5-7,10-11,14-15,17-18,21H2,1-4H3. The Kier molecular flexibility index (Phi) is 21.1. The predicted molar refractivity (Wildman–Crippen MR) is 322 cm³/mol. The molecule has 3 heterocycles. The molecular formula is C67H89N9O5. The van der Waals surface area contributed by atoms with Gasteiger partial charge in [-0.15, -0.1) is 0 Å². The number of nitrogen functional groups attached to an aromatic ring is 1. The number of nitrogens with zero attached hydrogens (tertiary/aromatic N) is 7. The molecule has 9 rings (SSSR count). The van der Waals surface area contributed by atoms with Crippen molar-refractivity contribution in [3.63, 3.8) is 0 Å². The number of rotatable bonds is 17. The number of benzene rings is 2. The van der Waals surface area contributed by atoms with Crippen molar-refractivity contribution in [3.8, 4) is 22.8 Å². The van der Waals surface area contributed by atoms with Crippen molar-refractivity contribution in [2.24, 2.45) is 35.5 Å². The van der Waals surface area contributed by atoms with Crippen molar-refractivity contribution < 1.29 is 23.9 Å². The lowest BCUT2D eigenvalue weighted by Crippen LogP contribution is -2.38. The first kappa shape index (κ1) is 60.4. The van der Waals surface area contributed by atoms with Crippen LogP contribution in [-0.2, 0) is 32.2 Å². The topological polar surface area (TPSA) is 188 Å². The molecule has 14 nitrogen and oxygen atoms in total. The number of nitrogens with two attached hydrogens (primary N) is 1. The molecule has 81 heavy (non-hydrogen) atoms. The van der Waals surface area contributed by atoms with Crippen LogP contribution in [0.2, 0.25) is 0 Å². The summed E-state index contributed by atoms with van der Waals surface area (Å²) in [4.78, 5) is 65.9. The van der Waals surface area contributed by atoms with Crippen LogP contribution in [-0.4, -0.2) is 76.9 Å². The zero-order valence-electron chi connectivity index (χ0n) is 49.6. The van der Waals surface area contributed by atoms with E-state index in [0.717, 1.165) is 87.6 Å². The van der Waals surface area contributed by atoms with Crippen molar-refractivity contribution in [2.75, 3.05) is 18.8 Å². The molecule has 4 aliphatic rings. The van der Waals surface area contributed by atoms with Crippen molar-refractivity contribution in [2.45, 2.75) is 182 Å². The van der Waals surface area contributed by atoms with Crippen LogP contribution in [0.3, 0.4) is 0 Å². The molecule has 0 spiro atoms. The van der Waals surface area contributed by atoms with Gasteiger partial charge >= 0.3 is 11.9 Å². The van der Waals surface area contributed by atoms with Gasteiger partial charge in [-0.2, -0.15) is 0 Å². The number of allylic oxidation sites excluding steroid dienone is 4. The largest absolute Gasteiger partial charge is 0.459 e. The van der Waals surface area contributed by atoms with Gasteiger partial charge in [0.2, 0.25) is 0 Å². The molecule has 2 unspecified atom stereocenters. The van der Waals surface area contributed by atoms with Crippen LogP contribution < -0.4 is 11.1 Å². The van der Waals surface area contributed by atoms with Gasteiger partial charge in [0.05, 0.1) is 18.9 Å². The number of esters is 2. The van der Waals surface area contributed by atoms with Crippen LogP contribution in [0.5, 0.6) is 0 Å². The van der Waals surface area contributed by atoms with Crippen LogP contribution >= 0.6 is 0 Å². The molecule has 0 bridgehead atoms. The lowest BCUT2D eigenvalue weighted by Gasteiger charge is -2.35. The summed E-state index contributed by atoms with van der Waals surface area (Å²) in [6.45, 7) is 16.4. The Morgan fingerprint density at radius 3 is 1.41 bits per heavy atom. The molecule has 2 atom stereocenters. The van der Waals surface area contributed by atoms with Gasteiger partial charge in [0, 0.05) is 60.1 Å². The Labute approximate surface area is 482 Å². The third-order valence-corrected chi connectivity index (χ3v) is 17.0. The molecule has 0 aliphatic heterocycles. The van der Waals surface area contributed by atoms with E-state index in [9.17, 15) is 14.4 Å². The Bertz CT molecular complexity index is 2880. The summed E-state index contributed by atoms with van der Waals surface area (Å²) in [5, 5.41) is 3.14. The second-order valence-corrected chi connectivity index (χ2v) is 25.2. The monoisotopic (exact) mass is 1100 g/mol. The van der Waals surface area contributed by atoms with Gasteiger partial charge < -0.3 is 25.4 Å². The SMILES string of the molecule is CCC1CCC(C2CC=C(c3cnc(-c4ccc(CN(CC(=O)OC(C)(C)C)C(=O)c5cnc(N)cn5)cc4)nc3)CC2)CC1.CCC1CCC(C2CC=C(c3cnc(-c4ccc(CNCC(=O)OC(C)(C)C)cc4)nc3)CC2)CC1. The van der Waals surface area contributed by atoms with E-state index >= 15 is 0 Å². The van der Waals surface area contributed by atoms with Gasteiger partial charge in [-0.1, -0.05) is 113 Å². The number of hydrogen-bond acceptors (Lipinski definition) is 13. The summed E-state index contributed by atoms with van der Waals surface area (Å²) in [7, 11) is 0. The predicted octanol–water partition coefficient (Wildman–Crippen LogP) is 13.9. The zero-order chi connectivity index (χ0) is 57.5. The van der Waals surface area contributed by atoms with Crippen molar-refractivity contribution in [1.82, 2.24) is 40.1 Å². The second kappa shape index (κ2) is 28.3. The van der Waals surface area contributed by atoms with E-state index in [-0.39, 0.29) is 37.1 Å². The van der Waals surface area contributed by atoms with E-state index in [0.29, 0.717) is 12.4 Å². The van der Waals surface area contributed by atoms with Crippen LogP contribution in [0.25, 0.3) is 33.9 Å². The number of hydrogen-bond donors (Lipinski definition) is 2. The number of anilines is 1. The maximum absolute atomic E-state index is 13.3. The number of ether oxygens (including phenoxy) is 2. The van der Waals surface area contributed by atoms with Crippen LogP contribution in [0.4, 0.5) is 5.82 Å². The fourth-order valence-electron chi connectivity index (χ4n) is 12.3. The Morgan fingerprint density at radius 1 is 0.543 bits per heavy atom. The molecule has 0 saturated heterocycles. The Balaban J connectivity index is 0.000000218. The van der Waals surface area contributed by atoms with Crippen LogP contribution in [0, 0.1) is 35.5 Å². The number of carbonyl (C=O) groups excluding carboxylic acids is 3. The molecule has 3 N–H and O–H groups in total. The molecule has 2 aromatic carbocycles. The van der Waals surface area contributed by atoms with Gasteiger partial charge in [0.1, 0.15) is 29.3 Å². The number of carbonyl (C=O) groups is 3. The minimum atomic E-state index is -0.673. The highest BCUT2D eigenvalue weighted by molar-refractivity contribution is 5.94. The maximum Gasteiger partial charge on any atom is 0.326 e. The van der Waals surface area contributed by atoms with Gasteiger partial charge in [-0.3, -0.25) is 14.4 Å². The average Bonchev–Trinajstić information content (AvgIpc) is 3.49. The van der Waals surface area contributed by atoms with E-state index < -0.39 is 23.1 Å². The highest BCUT2D eigenvalue weighted by Gasteiger charge is 2.31. The molecule has 2 fully saturated rings. The highest BCUT2D eigenvalue weighted by Crippen LogP contribution is 2.43. The average molecular weight is 1100 g/mol. The second-order valence-electron chi connectivity index (χ2n) is 25.2. The number of amides is 1. The van der Waals surface area contributed by atoms with Gasteiger partial charge in [0.25, 0.3) is 5.91 Å². The molecule has 5 aromatic rings. The number of nitrogens with one attached hydrogen (secondary N) is 1. The van der Waals surface area contributed by atoms with E-state index in [1.54, 1.807) is 20.8 Å². The number of aromatic nitrogens is 6. The summed E-state index contributed by atoms with van der Waals surface area (Å²) in [5.74, 6) is 5.83. The quantitative estimate of drug-likeness (QED) is 0.0838. The van der Waals surface area contributed by atoms with Crippen molar-refractivity contribution in [3.05, 3.63) is 126 Å². The van der Waals surface area contributed by atoms with E-state index in [1.165, 1.54) is 118 Å². The molecule has 14 heteroatoms. The summed E-state index contributed by atoms with van der Waals surface area (Å²) >= 11 is 0. The maximum atomic E-state index is 13.3. The van der Waals surface area contributed by atoms with Crippen molar-refractivity contribution in [1.29, 1.82) is 0 Å². The summed E-state index contributed by atoms with van der Waals surface area (Å²) < 4.78 is 10.8. The Morgan fingerprint density at radius 2 is 1.00 bits per heavy atom. The fraction of sp³-hybridized carbons (Fsp3) is 0.537. The Hall–Kier alpha value is -6.67. The zero-order valence-corrected chi connectivity index (χ0v) is 49.6. The van der Waals surface area contributed by atoms with E-state index in [4.69, 9.17) is 15.2 Å². The van der Waals surface area contributed by atoms with E-state index in [2.05, 4.69) is 61.2 Å². The van der Waals surface area contributed by atoms with Crippen molar-refractivity contribution >= 4 is 34.8 Å². The fourth-order valence-corrected chi connectivity index (χ4v) is 12.3. The van der Waals surface area contributed by atoms with Crippen LogP contribution in [0.1, 0.15) is 191 Å². The minimum Gasteiger partial charge on any atom is -0.459 e. The molecule has 3 aromatic heterocycles. The van der Waals surface area contributed by atoms with Gasteiger partial charge in [-0.25, -0.2) is 29.9 Å². The first-order valence-electron chi connectivity index (χ1n) is 30.1. The summed E-state index contributed by atoms with van der Waals surface area (Å²) in [5.41, 5.74) is 13.4. The first-order chi connectivity index (χ1) is 38.9. The smallest absolute Gasteiger partial charge is 0.326 e. The van der Waals surface area contributed by atoms with Gasteiger partial charge in [0.15, 0.2) is 11.6 Å². The third-order valence-electron chi connectivity index (χ3n) is 17.0.